The molecule has 1 heterocycles. The van der Waals surface area contributed by atoms with Gasteiger partial charge < -0.3 is 4.74 Å². The summed E-state index contributed by atoms with van der Waals surface area (Å²) >= 11 is 0. The van der Waals surface area contributed by atoms with Gasteiger partial charge in [0.05, 0.1) is 5.60 Å². The first-order valence-corrected chi connectivity index (χ1v) is 3.69. The highest BCUT2D eigenvalue weighted by molar-refractivity contribution is 5.80. The van der Waals surface area contributed by atoms with Crippen LogP contribution in [0, 0.1) is 0 Å². The van der Waals surface area contributed by atoms with Crippen molar-refractivity contribution in [3.63, 3.8) is 0 Å². The molecule has 0 aromatic carbocycles. The van der Waals surface area contributed by atoms with E-state index in [-0.39, 0.29) is 17.5 Å². The minimum Gasteiger partial charge on any atom is -0.365 e. The van der Waals surface area contributed by atoms with Gasteiger partial charge >= 0.3 is 0 Å². The number of carbonyl (C=O) groups is 1. The van der Waals surface area contributed by atoms with Crippen molar-refractivity contribution >= 4 is 5.78 Å². The van der Waals surface area contributed by atoms with Crippen LogP contribution in [0.2, 0.25) is 0 Å². The van der Waals surface area contributed by atoms with Gasteiger partial charge in [-0.05, 0) is 33.6 Å². The van der Waals surface area contributed by atoms with Crippen LogP contribution in [0.5, 0.6) is 0 Å². The predicted octanol–water partition coefficient (Wildman–Crippen LogP) is 1.53. The van der Waals surface area contributed by atoms with E-state index in [1.165, 1.54) is 0 Å². The van der Waals surface area contributed by atoms with Gasteiger partial charge in [-0.1, -0.05) is 0 Å². The van der Waals surface area contributed by atoms with Gasteiger partial charge in [0.1, 0.15) is 6.10 Å². The number of hydrogen-bond donors (Lipinski definition) is 0. The molecule has 0 bridgehead atoms. The molecule has 0 saturated carbocycles. The topological polar surface area (TPSA) is 26.3 Å². The fourth-order valence-corrected chi connectivity index (χ4v) is 1.27. The van der Waals surface area contributed by atoms with Crippen LogP contribution in [-0.2, 0) is 9.53 Å². The van der Waals surface area contributed by atoms with Crippen molar-refractivity contribution in [3.8, 4) is 0 Å². The van der Waals surface area contributed by atoms with Gasteiger partial charge in [0.15, 0.2) is 5.78 Å². The molecule has 1 aliphatic rings. The molecule has 0 spiro atoms. The van der Waals surface area contributed by atoms with E-state index < -0.39 is 0 Å². The Morgan fingerprint density at radius 2 is 2.20 bits per heavy atom. The second-order valence-electron chi connectivity index (χ2n) is 3.52. The van der Waals surface area contributed by atoms with E-state index in [2.05, 4.69) is 0 Å². The molecule has 2 heteroatoms. The summed E-state index contributed by atoms with van der Waals surface area (Å²) in [5.74, 6) is 0.158. The highest BCUT2D eigenvalue weighted by atomic mass is 16.5. The van der Waals surface area contributed by atoms with E-state index in [1.54, 1.807) is 6.92 Å². The van der Waals surface area contributed by atoms with Gasteiger partial charge in [0.2, 0.25) is 0 Å². The van der Waals surface area contributed by atoms with Gasteiger partial charge in [-0.25, -0.2) is 0 Å². The van der Waals surface area contributed by atoms with Crippen molar-refractivity contribution in [3.05, 3.63) is 0 Å². The molecule has 0 unspecified atom stereocenters. The van der Waals surface area contributed by atoms with E-state index in [0.29, 0.717) is 0 Å². The normalized spacial score (nSPS) is 30.5. The van der Waals surface area contributed by atoms with Crippen LogP contribution in [0.1, 0.15) is 33.6 Å². The van der Waals surface area contributed by atoms with Crippen LogP contribution < -0.4 is 0 Å². The standard InChI is InChI=1S/C8H14O2/c1-6(9)7-4-5-8(2,3)10-7/h7H,4-5H2,1-3H3/t7-/m0/s1. The Labute approximate surface area is 61.6 Å². The second-order valence-corrected chi connectivity index (χ2v) is 3.52. The van der Waals surface area contributed by atoms with E-state index in [4.69, 9.17) is 4.74 Å². The molecule has 0 N–H and O–H groups in total. The third-order valence-electron chi connectivity index (χ3n) is 1.92. The lowest BCUT2D eigenvalue weighted by atomic mass is 10.0. The number of Topliss-reactive ketones (excluding diaryl/α,β-unsaturated/α-hetero) is 1. The molecule has 0 amide bonds. The fraction of sp³-hybridized carbons (Fsp3) is 0.875. The molecular formula is C8H14O2. The smallest absolute Gasteiger partial charge is 0.158 e. The molecule has 1 saturated heterocycles. The van der Waals surface area contributed by atoms with Crippen molar-refractivity contribution in [2.45, 2.75) is 45.3 Å². The Hall–Kier alpha value is -0.370. The Kier molecular flexibility index (Phi) is 1.82. The Balaban J connectivity index is 2.51. The summed E-state index contributed by atoms with van der Waals surface area (Å²) in [5, 5.41) is 0. The quantitative estimate of drug-likeness (QED) is 0.555. The molecule has 1 rings (SSSR count). The zero-order chi connectivity index (χ0) is 7.78. The van der Waals surface area contributed by atoms with Crippen LogP contribution in [0.3, 0.4) is 0 Å². The monoisotopic (exact) mass is 142 g/mol. The second kappa shape index (κ2) is 2.35. The van der Waals surface area contributed by atoms with Gasteiger partial charge in [0, 0.05) is 0 Å². The Bertz CT molecular complexity index is 149. The molecule has 1 fully saturated rings. The third kappa shape index (κ3) is 1.57. The third-order valence-corrected chi connectivity index (χ3v) is 1.92. The van der Waals surface area contributed by atoms with Gasteiger partial charge in [-0.3, -0.25) is 4.79 Å². The first-order valence-electron chi connectivity index (χ1n) is 3.69. The van der Waals surface area contributed by atoms with Crippen molar-refractivity contribution < 1.29 is 9.53 Å². The fourth-order valence-electron chi connectivity index (χ4n) is 1.27. The van der Waals surface area contributed by atoms with Gasteiger partial charge in [-0.15, -0.1) is 0 Å². The van der Waals surface area contributed by atoms with Gasteiger partial charge in [-0.2, -0.15) is 0 Å². The molecular weight excluding hydrogens is 128 g/mol. The molecule has 1 aliphatic heterocycles. The van der Waals surface area contributed by atoms with Crippen LogP contribution >= 0.6 is 0 Å². The first-order chi connectivity index (χ1) is 4.51. The molecule has 0 radical (unpaired) electrons. The summed E-state index contributed by atoms with van der Waals surface area (Å²) < 4.78 is 5.46. The maximum absolute atomic E-state index is 10.8. The predicted molar refractivity (Wildman–Crippen MR) is 38.9 cm³/mol. The van der Waals surface area contributed by atoms with Crippen molar-refractivity contribution in [1.29, 1.82) is 0 Å². The Morgan fingerprint density at radius 3 is 2.40 bits per heavy atom. The zero-order valence-corrected chi connectivity index (χ0v) is 6.81. The summed E-state index contributed by atoms with van der Waals surface area (Å²) in [7, 11) is 0. The van der Waals surface area contributed by atoms with E-state index in [1.807, 2.05) is 13.8 Å². The summed E-state index contributed by atoms with van der Waals surface area (Å²) in [6.45, 7) is 5.64. The highest BCUT2D eigenvalue weighted by Crippen LogP contribution is 2.29. The molecule has 1 atom stereocenters. The zero-order valence-electron chi connectivity index (χ0n) is 6.81. The summed E-state index contributed by atoms with van der Waals surface area (Å²) in [6.07, 6.45) is 1.76. The SMILES string of the molecule is CC(=O)[C@@H]1CCC(C)(C)O1. The number of rotatable bonds is 1. The number of ketones is 1. The van der Waals surface area contributed by atoms with Gasteiger partial charge in [0.25, 0.3) is 0 Å². The Morgan fingerprint density at radius 1 is 1.60 bits per heavy atom. The van der Waals surface area contributed by atoms with Crippen LogP contribution in [0.25, 0.3) is 0 Å². The van der Waals surface area contributed by atoms with Crippen LogP contribution in [-0.4, -0.2) is 17.5 Å². The lowest BCUT2D eigenvalue weighted by Gasteiger charge is -2.17. The minimum atomic E-state index is -0.130. The molecule has 0 aromatic heterocycles. The lowest BCUT2D eigenvalue weighted by Crippen LogP contribution is -2.23. The van der Waals surface area contributed by atoms with Crippen molar-refractivity contribution in [2.24, 2.45) is 0 Å². The molecule has 58 valence electrons. The molecule has 0 aliphatic carbocycles. The summed E-state index contributed by atoms with van der Waals surface area (Å²) in [4.78, 5) is 10.8. The highest BCUT2D eigenvalue weighted by Gasteiger charge is 2.33. The average molecular weight is 142 g/mol. The lowest BCUT2D eigenvalue weighted by molar-refractivity contribution is -0.130. The molecule has 10 heavy (non-hydrogen) atoms. The van der Waals surface area contributed by atoms with Crippen molar-refractivity contribution in [2.75, 3.05) is 0 Å². The largest absolute Gasteiger partial charge is 0.365 e. The van der Waals surface area contributed by atoms with E-state index in [0.717, 1.165) is 12.8 Å². The molecule has 2 nitrogen and oxygen atoms in total. The number of ether oxygens (including phenoxy) is 1. The van der Waals surface area contributed by atoms with E-state index >= 15 is 0 Å². The summed E-state index contributed by atoms with van der Waals surface area (Å²) in [5.41, 5.74) is -0.0731. The maximum atomic E-state index is 10.8. The molecule has 0 aromatic rings. The average Bonchev–Trinajstić information content (AvgIpc) is 2.10. The van der Waals surface area contributed by atoms with Crippen LogP contribution in [0.4, 0.5) is 0 Å². The van der Waals surface area contributed by atoms with Crippen LogP contribution in [0.15, 0.2) is 0 Å². The number of hydrogen-bond acceptors (Lipinski definition) is 2. The number of carbonyl (C=O) groups excluding carboxylic acids is 1. The maximum Gasteiger partial charge on any atom is 0.158 e. The summed E-state index contributed by atoms with van der Waals surface area (Å²) in [6, 6.07) is 0. The van der Waals surface area contributed by atoms with E-state index in [9.17, 15) is 4.79 Å². The first kappa shape index (κ1) is 7.73. The van der Waals surface area contributed by atoms with Crippen molar-refractivity contribution in [1.82, 2.24) is 0 Å². The minimum absolute atomic E-state index is 0.0731.